The van der Waals surface area contributed by atoms with Crippen molar-refractivity contribution >= 4 is 39.2 Å². The maximum atomic E-state index is 10.8. The Morgan fingerprint density at radius 3 is 2.70 bits per heavy atom. The van der Waals surface area contributed by atoms with Crippen molar-refractivity contribution in [3.8, 4) is 17.0 Å². The number of rotatable bonds is 6. The number of nitrogens with zero attached hydrogens (tertiary/aromatic N) is 2. The lowest BCUT2D eigenvalue weighted by Gasteiger charge is -2.28. The van der Waals surface area contributed by atoms with E-state index in [1.54, 1.807) is 7.05 Å². The van der Waals surface area contributed by atoms with Crippen LogP contribution in [0.15, 0.2) is 42.5 Å². The van der Waals surface area contributed by atoms with E-state index in [1.807, 2.05) is 24.3 Å². The molecule has 0 spiro atoms. The summed E-state index contributed by atoms with van der Waals surface area (Å²) in [6.45, 7) is 5.13. The molecule has 2 aliphatic rings. The van der Waals surface area contributed by atoms with Crippen molar-refractivity contribution in [2.24, 2.45) is 0 Å². The number of piperidine rings is 1. The summed E-state index contributed by atoms with van der Waals surface area (Å²) in [6, 6.07) is 14.1. The first-order chi connectivity index (χ1) is 18.1. The number of morpholine rings is 1. The number of aliphatic hydroxyl groups excluding tert-OH is 1. The summed E-state index contributed by atoms with van der Waals surface area (Å²) in [5.41, 5.74) is 6.11. The zero-order valence-electron chi connectivity index (χ0n) is 20.9. The molecule has 2 saturated heterocycles. The van der Waals surface area contributed by atoms with E-state index in [-0.39, 0.29) is 6.10 Å². The van der Waals surface area contributed by atoms with Crippen LogP contribution in [0.25, 0.3) is 33.2 Å². The molecule has 4 aromatic rings. The van der Waals surface area contributed by atoms with Crippen LogP contribution in [-0.4, -0.2) is 67.6 Å². The molecule has 6 rings (SSSR count). The van der Waals surface area contributed by atoms with Crippen molar-refractivity contribution < 1.29 is 14.6 Å². The molecule has 4 N–H and O–H groups in total. The first-order valence-corrected chi connectivity index (χ1v) is 13.3. The molecule has 2 aromatic heterocycles. The van der Waals surface area contributed by atoms with E-state index in [9.17, 15) is 5.11 Å². The van der Waals surface area contributed by atoms with Crippen molar-refractivity contribution in [1.29, 1.82) is 0 Å². The van der Waals surface area contributed by atoms with E-state index in [1.165, 1.54) is 0 Å². The molecule has 2 aromatic carbocycles. The van der Waals surface area contributed by atoms with Crippen LogP contribution in [0.3, 0.4) is 0 Å². The van der Waals surface area contributed by atoms with Crippen LogP contribution < -0.4 is 20.3 Å². The van der Waals surface area contributed by atoms with Gasteiger partial charge in [0.15, 0.2) is 0 Å². The van der Waals surface area contributed by atoms with Gasteiger partial charge in [-0.05, 0) is 75.4 Å². The molecule has 0 amide bonds. The summed E-state index contributed by atoms with van der Waals surface area (Å²) >= 11 is 6.66. The van der Waals surface area contributed by atoms with E-state index in [2.05, 4.69) is 38.7 Å². The first kappa shape index (κ1) is 24.5. The van der Waals surface area contributed by atoms with Crippen LogP contribution in [0, 0.1) is 0 Å². The molecule has 2 aliphatic heterocycles. The monoisotopic (exact) mass is 521 g/mol. The Morgan fingerprint density at radius 2 is 1.95 bits per heavy atom. The molecule has 194 valence electrons. The van der Waals surface area contributed by atoms with E-state index in [4.69, 9.17) is 26.1 Å². The van der Waals surface area contributed by atoms with Gasteiger partial charge in [0.2, 0.25) is 0 Å². The Kier molecular flexibility index (Phi) is 6.92. The van der Waals surface area contributed by atoms with Crippen LogP contribution in [0.4, 0.5) is 5.69 Å². The number of aromatic amines is 1. The van der Waals surface area contributed by atoms with Gasteiger partial charge >= 0.3 is 0 Å². The van der Waals surface area contributed by atoms with Crippen LogP contribution in [-0.2, 0) is 4.74 Å². The lowest BCUT2D eigenvalue weighted by Crippen LogP contribution is -2.36. The molecular formula is C28H32ClN5O3. The topological polar surface area (TPSA) is 94.7 Å². The molecule has 8 nitrogen and oxygen atoms in total. The molecule has 4 heterocycles. The predicted molar refractivity (Wildman–Crippen MR) is 148 cm³/mol. The van der Waals surface area contributed by atoms with Gasteiger partial charge in [0.05, 0.1) is 40.5 Å². The number of H-pyrrole nitrogens is 1. The lowest BCUT2D eigenvalue weighted by atomic mass is 10.1. The summed E-state index contributed by atoms with van der Waals surface area (Å²) in [5.74, 6) is 0.691. The summed E-state index contributed by atoms with van der Waals surface area (Å²) in [6.07, 6.45) is 1.25. The Labute approximate surface area is 220 Å². The van der Waals surface area contributed by atoms with Gasteiger partial charge in [-0.15, -0.1) is 0 Å². The standard InChI is InChI=1S/C28H32ClN5O3/c1-30-28(35)21-16-23(17-2-5-25(22(29)14-17)37-19-6-8-31-9-7-19)32-26-20-4-3-18(15-24(20)33-27(21)26)34-10-12-36-13-11-34/h2-5,14-16,19,28,30-31,33,35H,6-13H2,1H3. The van der Waals surface area contributed by atoms with Gasteiger partial charge in [-0.25, -0.2) is 4.98 Å². The van der Waals surface area contributed by atoms with Crippen LogP contribution in [0.2, 0.25) is 5.02 Å². The number of anilines is 1. The fraction of sp³-hybridized carbons (Fsp3) is 0.393. The SMILES string of the molecule is CNC(O)c1cc(-c2ccc(OC3CCNCC3)c(Cl)c2)nc2c1[nH]c1cc(N3CCOCC3)ccc12. The molecule has 2 fully saturated rings. The van der Waals surface area contributed by atoms with E-state index in [0.717, 1.165) is 96.7 Å². The summed E-state index contributed by atoms with van der Waals surface area (Å²) < 4.78 is 11.7. The van der Waals surface area contributed by atoms with Gasteiger partial charge in [-0.3, -0.25) is 5.32 Å². The highest BCUT2D eigenvalue weighted by Gasteiger charge is 2.20. The smallest absolute Gasteiger partial charge is 0.138 e. The molecule has 37 heavy (non-hydrogen) atoms. The Hall–Kier alpha value is -2.88. The quantitative estimate of drug-likeness (QED) is 0.282. The maximum absolute atomic E-state index is 10.8. The van der Waals surface area contributed by atoms with Gasteiger partial charge in [-0.1, -0.05) is 11.6 Å². The molecule has 0 bridgehead atoms. The number of benzene rings is 2. The highest BCUT2D eigenvalue weighted by molar-refractivity contribution is 6.32. The minimum atomic E-state index is -0.853. The van der Waals surface area contributed by atoms with Crippen molar-refractivity contribution in [3.63, 3.8) is 0 Å². The average molecular weight is 522 g/mol. The van der Waals surface area contributed by atoms with Gasteiger partial charge in [0, 0.05) is 35.3 Å². The highest BCUT2D eigenvalue weighted by atomic mass is 35.5. The molecule has 1 unspecified atom stereocenters. The Balaban J connectivity index is 1.39. The lowest BCUT2D eigenvalue weighted by molar-refractivity contribution is 0.122. The number of hydrogen-bond donors (Lipinski definition) is 4. The molecular weight excluding hydrogens is 490 g/mol. The predicted octanol–water partition coefficient (Wildman–Crippen LogP) is 4.21. The second-order valence-corrected chi connectivity index (χ2v) is 10.1. The maximum Gasteiger partial charge on any atom is 0.138 e. The summed E-state index contributed by atoms with van der Waals surface area (Å²) in [5, 5.41) is 18.7. The fourth-order valence-electron chi connectivity index (χ4n) is 5.25. The molecule has 0 saturated carbocycles. The van der Waals surface area contributed by atoms with Crippen LogP contribution in [0.1, 0.15) is 24.6 Å². The second-order valence-electron chi connectivity index (χ2n) is 9.68. The number of ether oxygens (including phenoxy) is 2. The van der Waals surface area contributed by atoms with Crippen molar-refractivity contribution in [1.82, 2.24) is 20.6 Å². The van der Waals surface area contributed by atoms with E-state index in [0.29, 0.717) is 10.8 Å². The minimum Gasteiger partial charge on any atom is -0.489 e. The number of hydrogen-bond acceptors (Lipinski definition) is 7. The third-order valence-corrected chi connectivity index (χ3v) is 7.61. The molecule has 0 aliphatic carbocycles. The van der Waals surface area contributed by atoms with Gasteiger partial charge in [0.1, 0.15) is 18.1 Å². The fourth-order valence-corrected chi connectivity index (χ4v) is 5.48. The van der Waals surface area contributed by atoms with Gasteiger partial charge in [-0.2, -0.15) is 0 Å². The molecule has 0 radical (unpaired) electrons. The number of aromatic nitrogens is 2. The second kappa shape index (κ2) is 10.5. The normalized spacial score (nSPS) is 18.0. The zero-order valence-corrected chi connectivity index (χ0v) is 21.6. The van der Waals surface area contributed by atoms with Crippen LogP contribution >= 0.6 is 11.6 Å². The average Bonchev–Trinajstić information content (AvgIpc) is 3.32. The highest BCUT2D eigenvalue weighted by Crippen LogP contribution is 2.36. The Bertz CT molecular complexity index is 1410. The number of aliphatic hydroxyl groups is 1. The van der Waals surface area contributed by atoms with Crippen LogP contribution in [0.5, 0.6) is 5.75 Å². The number of fused-ring (bicyclic) bond motifs is 3. The third kappa shape index (κ3) is 4.87. The van der Waals surface area contributed by atoms with Gasteiger partial charge < -0.3 is 29.8 Å². The van der Waals surface area contributed by atoms with E-state index < -0.39 is 6.23 Å². The van der Waals surface area contributed by atoms with E-state index >= 15 is 0 Å². The number of halogens is 1. The van der Waals surface area contributed by atoms with Crippen molar-refractivity contribution in [2.75, 3.05) is 51.3 Å². The largest absolute Gasteiger partial charge is 0.489 e. The van der Waals surface area contributed by atoms with Gasteiger partial charge in [0.25, 0.3) is 0 Å². The Morgan fingerprint density at radius 1 is 1.14 bits per heavy atom. The third-order valence-electron chi connectivity index (χ3n) is 7.32. The first-order valence-electron chi connectivity index (χ1n) is 12.9. The molecule has 1 atom stereocenters. The van der Waals surface area contributed by atoms with Crippen molar-refractivity contribution in [3.05, 3.63) is 53.1 Å². The summed E-state index contributed by atoms with van der Waals surface area (Å²) in [4.78, 5) is 10.9. The summed E-state index contributed by atoms with van der Waals surface area (Å²) in [7, 11) is 1.74. The zero-order chi connectivity index (χ0) is 25.4. The molecule has 9 heteroatoms. The minimum absolute atomic E-state index is 0.171. The van der Waals surface area contributed by atoms with Crippen molar-refractivity contribution in [2.45, 2.75) is 25.2 Å². The number of nitrogens with one attached hydrogen (secondary N) is 3. The number of pyridine rings is 1.